The molecule has 0 aromatic heterocycles. The number of carbonyl (C=O) groups excluding carboxylic acids is 1. The number of nitrogens with one attached hydrogen (secondary N) is 1. The van der Waals surface area contributed by atoms with Gasteiger partial charge in [-0.1, -0.05) is 23.7 Å². The van der Waals surface area contributed by atoms with Crippen molar-refractivity contribution in [2.75, 3.05) is 19.0 Å². The lowest BCUT2D eigenvalue weighted by molar-refractivity contribution is -0.384. The fourth-order valence-corrected chi connectivity index (χ4v) is 3.91. The van der Waals surface area contributed by atoms with Gasteiger partial charge in [-0.3, -0.25) is 14.9 Å². The van der Waals surface area contributed by atoms with E-state index in [1.54, 1.807) is 24.3 Å². The summed E-state index contributed by atoms with van der Waals surface area (Å²) in [6.07, 6.45) is 1.35. The standard InChI is InChI=1S/C26H21BrClN3O6/c1-3-36-24-12-17(11-21(27)25(24)37-15-16-4-6-19(28)7-5-16)10-18(14-29)26(32)30-22-9-8-20(35-2)13-23(22)31(33)34/h4-13H,3,15H2,1-2H3,(H,30,32)/b18-10+. The number of nitro groups is 1. The molecule has 0 saturated heterocycles. The Kier molecular flexibility index (Phi) is 9.49. The van der Waals surface area contributed by atoms with Gasteiger partial charge >= 0.3 is 0 Å². The maximum atomic E-state index is 12.8. The largest absolute Gasteiger partial charge is 0.496 e. The number of anilines is 1. The third-order valence-electron chi connectivity index (χ3n) is 4.95. The molecule has 9 nitrogen and oxygen atoms in total. The van der Waals surface area contributed by atoms with E-state index in [0.717, 1.165) is 5.56 Å². The normalized spacial score (nSPS) is 10.8. The second-order valence-corrected chi connectivity index (χ2v) is 8.73. The lowest BCUT2D eigenvalue weighted by Gasteiger charge is -2.15. The highest BCUT2D eigenvalue weighted by atomic mass is 79.9. The van der Waals surface area contributed by atoms with Crippen LogP contribution in [0.25, 0.3) is 6.08 Å². The molecule has 11 heteroatoms. The topological polar surface area (TPSA) is 124 Å². The van der Waals surface area contributed by atoms with Crippen LogP contribution in [0.1, 0.15) is 18.1 Å². The molecule has 3 rings (SSSR count). The Balaban J connectivity index is 1.87. The zero-order valence-electron chi connectivity index (χ0n) is 19.8. The van der Waals surface area contributed by atoms with Gasteiger partial charge in [0, 0.05) is 5.02 Å². The van der Waals surface area contributed by atoms with Gasteiger partial charge in [-0.05, 0) is 76.5 Å². The van der Waals surface area contributed by atoms with Crippen LogP contribution in [-0.4, -0.2) is 24.5 Å². The van der Waals surface area contributed by atoms with Crippen molar-refractivity contribution in [3.05, 3.63) is 90.9 Å². The molecular weight excluding hydrogens is 566 g/mol. The number of hydrogen-bond donors (Lipinski definition) is 1. The van der Waals surface area contributed by atoms with Crippen LogP contribution in [0, 0.1) is 21.4 Å². The Morgan fingerprint density at radius 1 is 1.19 bits per heavy atom. The summed E-state index contributed by atoms with van der Waals surface area (Å²) in [4.78, 5) is 23.6. The lowest BCUT2D eigenvalue weighted by Crippen LogP contribution is -2.14. The van der Waals surface area contributed by atoms with E-state index in [9.17, 15) is 20.2 Å². The van der Waals surface area contributed by atoms with Gasteiger partial charge < -0.3 is 19.5 Å². The second kappa shape index (κ2) is 12.8. The minimum absolute atomic E-state index is 0.0703. The number of carbonyl (C=O) groups is 1. The first-order valence-corrected chi connectivity index (χ1v) is 12.0. The van der Waals surface area contributed by atoms with E-state index in [2.05, 4.69) is 21.2 Å². The molecule has 1 N–H and O–H groups in total. The maximum Gasteiger partial charge on any atom is 0.296 e. The summed E-state index contributed by atoms with van der Waals surface area (Å²) in [7, 11) is 1.37. The Morgan fingerprint density at radius 3 is 2.54 bits per heavy atom. The van der Waals surface area contributed by atoms with Gasteiger partial charge in [0.25, 0.3) is 11.6 Å². The van der Waals surface area contributed by atoms with E-state index in [0.29, 0.717) is 33.2 Å². The van der Waals surface area contributed by atoms with Crippen LogP contribution in [0.4, 0.5) is 11.4 Å². The van der Waals surface area contributed by atoms with Crippen LogP contribution in [-0.2, 0) is 11.4 Å². The molecule has 37 heavy (non-hydrogen) atoms. The number of nitriles is 1. The summed E-state index contributed by atoms with van der Waals surface area (Å²) in [5.41, 5.74) is 0.672. The lowest BCUT2D eigenvalue weighted by atomic mass is 10.1. The van der Waals surface area contributed by atoms with Gasteiger partial charge in [-0.25, -0.2) is 0 Å². The minimum Gasteiger partial charge on any atom is -0.496 e. The first-order valence-electron chi connectivity index (χ1n) is 10.8. The molecule has 0 unspecified atom stereocenters. The number of methoxy groups -OCH3 is 1. The fourth-order valence-electron chi connectivity index (χ4n) is 3.21. The molecule has 0 saturated carbocycles. The predicted molar refractivity (Wildman–Crippen MR) is 143 cm³/mol. The van der Waals surface area contributed by atoms with Crippen molar-refractivity contribution in [1.29, 1.82) is 5.26 Å². The van der Waals surface area contributed by atoms with E-state index in [1.165, 1.54) is 31.4 Å². The molecule has 0 atom stereocenters. The molecular formula is C26H21BrClN3O6. The smallest absolute Gasteiger partial charge is 0.296 e. The number of nitrogens with zero attached hydrogens (tertiary/aromatic N) is 2. The minimum atomic E-state index is -0.812. The van der Waals surface area contributed by atoms with Crippen molar-refractivity contribution in [3.8, 4) is 23.3 Å². The summed E-state index contributed by atoms with van der Waals surface area (Å²) >= 11 is 9.40. The van der Waals surface area contributed by atoms with Crippen LogP contribution >= 0.6 is 27.5 Å². The predicted octanol–water partition coefficient (Wildman–Crippen LogP) is 6.54. The molecule has 3 aromatic carbocycles. The van der Waals surface area contributed by atoms with Gasteiger partial charge in [0.05, 0.1) is 29.2 Å². The summed E-state index contributed by atoms with van der Waals surface area (Å²) < 4.78 is 17.2. The summed E-state index contributed by atoms with van der Waals surface area (Å²) in [5, 5.41) is 24.1. The molecule has 0 heterocycles. The zero-order chi connectivity index (χ0) is 26.9. The van der Waals surface area contributed by atoms with Gasteiger partial charge in [-0.15, -0.1) is 0 Å². The molecule has 0 bridgehead atoms. The molecule has 0 radical (unpaired) electrons. The summed E-state index contributed by atoms with van der Waals surface area (Å²) in [6.45, 7) is 2.43. The Hall–Kier alpha value is -4.07. The molecule has 0 fully saturated rings. The van der Waals surface area contributed by atoms with Crippen molar-refractivity contribution < 1.29 is 23.9 Å². The zero-order valence-corrected chi connectivity index (χ0v) is 22.1. The average molecular weight is 587 g/mol. The Bertz CT molecular complexity index is 1390. The number of hydrogen-bond acceptors (Lipinski definition) is 7. The molecule has 3 aromatic rings. The number of ether oxygens (including phenoxy) is 3. The van der Waals surface area contributed by atoms with Crippen LogP contribution in [0.3, 0.4) is 0 Å². The van der Waals surface area contributed by atoms with E-state index in [1.807, 2.05) is 25.1 Å². The Morgan fingerprint density at radius 2 is 1.92 bits per heavy atom. The molecule has 0 spiro atoms. The van der Waals surface area contributed by atoms with Crippen LogP contribution in [0.5, 0.6) is 17.2 Å². The number of halogens is 2. The number of nitro benzene ring substituents is 1. The first kappa shape index (κ1) is 27.5. The second-order valence-electron chi connectivity index (χ2n) is 7.44. The molecule has 0 aliphatic carbocycles. The third-order valence-corrected chi connectivity index (χ3v) is 5.80. The highest BCUT2D eigenvalue weighted by Crippen LogP contribution is 2.38. The molecule has 190 valence electrons. The molecule has 0 aliphatic heterocycles. The first-order chi connectivity index (χ1) is 17.7. The average Bonchev–Trinajstić information content (AvgIpc) is 2.88. The van der Waals surface area contributed by atoms with Crippen LogP contribution in [0.2, 0.25) is 5.02 Å². The van der Waals surface area contributed by atoms with E-state index in [4.69, 9.17) is 25.8 Å². The van der Waals surface area contributed by atoms with Crippen molar-refractivity contribution in [2.24, 2.45) is 0 Å². The van der Waals surface area contributed by atoms with Gasteiger partial charge in [0.2, 0.25) is 0 Å². The number of amides is 1. The van der Waals surface area contributed by atoms with Gasteiger partial charge in [0.1, 0.15) is 29.7 Å². The van der Waals surface area contributed by atoms with Crippen molar-refractivity contribution in [3.63, 3.8) is 0 Å². The van der Waals surface area contributed by atoms with Crippen molar-refractivity contribution >= 4 is 50.9 Å². The molecule has 1 amide bonds. The van der Waals surface area contributed by atoms with Crippen molar-refractivity contribution in [1.82, 2.24) is 0 Å². The van der Waals surface area contributed by atoms with Crippen LogP contribution in [0.15, 0.2) is 64.6 Å². The summed E-state index contributed by atoms with van der Waals surface area (Å²) in [5.74, 6) is 0.298. The fraction of sp³-hybridized carbons (Fsp3) is 0.154. The highest BCUT2D eigenvalue weighted by molar-refractivity contribution is 9.10. The quantitative estimate of drug-likeness (QED) is 0.124. The Labute approximate surface area is 226 Å². The number of rotatable bonds is 10. The highest BCUT2D eigenvalue weighted by Gasteiger charge is 2.20. The van der Waals surface area contributed by atoms with E-state index < -0.39 is 10.8 Å². The number of benzene rings is 3. The third kappa shape index (κ3) is 7.22. The monoisotopic (exact) mass is 585 g/mol. The summed E-state index contributed by atoms with van der Waals surface area (Å²) in [6, 6.07) is 16.3. The van der Waals surface area contributed by atoms with Gasteiger partial charge in [0.15, 0.2) is 11.5 Å². The molecule has 0 aliphatic rings. The van der Waals surface area contributed by atoms with E-state index >= 15 is 0 Å². The van der Waals surface area contributed by atoms with Crippen molar-refractivity contribution in [2.45, 2.75) is 13.5 Å². The van der Waals surface area contributed by atoms with Gasteiger partial charge in [-0.2, -0.15) is 5.26 Å². The van der Waals surface area contributed by atoms with E-state index in [-0.39, 0.29) is 29.3 Å². The maximum absolute atomic E-state index is 12.8. The SMILES string of the molecule is CCOc1cc(/C=C(\C#N)C(=O)Nc2ccc(OC)cc2[N+](=O)[O-])cc(Br)c1OCc1ccc(Cl)cc1. The van der Waals surface area contributed by atoms with Crippen LogP contribution < -0.4 is 19.5 Å².